The lowest BCUT2D eigenvalue weighted by atomic mass is 10.0. The largest absolute Gasteiger partial charge is 0.347 e. The first kappa shape index (κ1) is 16.5. The van der Waals surface area contributed by atoms with Crippen molar-refractivity contribution in [2.24, 2.45) is 0 Å². The van der Waals surface area contributed by atoms with Crippen molar-refractivity contribution in [2.75, 3.05) is 18.0 Å². The number of aromatic nitrogens is 4. The number of fused-ring (bicyclic) bond motifs is 1. The van der Waals surface area contributed by atoms with E-state index in [-0.39, 0.29) is 0 Å². The molecule has 6 heteroatoms. The molecule has 3 heterocycles. The van der Waals surface area contributed by atoms with Crippen LogP contribution < -0.4 is 4.90 Å². The SMILES string of the molecule is CCc1nc2ccccc2n1C1CCN(c2nnc(C(C)C)s2)CC1. The molecule has 1 aromatic carbocycles. The maximum Gasteiger partial charge on any atom is 0.208 e. The van der Waals surface area contributed by atoms with Gasteiger partial charge in [0.1, 0.15) is 10.8 Å². The second-order valence-electron chi connectivity index (χ2n) is 7.04. The van der Waals surface area contributed by atoms with Gasteiger partial charge in [-0.15, -0.1) is 10.2 Å². The molecule has 132 valence electrons. The van der Waals surface area contributed by atoms with Crippen molar-refractivity contribution >= 4 is 27.5 Å². The first-order valence-electron chi connectivity index (χ1n) is 9.21. The zero-order valence-electron chi connectivity index (χ0n) is 15.1. The Balaban J connectivity index is 1.54. The van der Waals surface area contributed by atoms with E-state index in [2.05, 4.69) is 64.7 Å². The van der Waals surface area contributed by atoms with E-state index in [1.807, 2.05) is 0 Å². The summed E-state index contributed by atoms with van der Waals surface area (Å²) in [5, 5.41) is 11.0. The van der Waals surface area contributed by atoms with E-state index in [9.17, 15) is 0 Å². The van der Waals surface area contributed by atoms with E-state index in [1.54, 1.807) is 11.3 Å². The van der Waals surface area contributed by atoms with E-state index < -0.39 is 0 Å². The van der Waals surface area contributed by atoms with Crippen LogP contribution in [0.15, 0.2) is 24.3 Å². The third-order valence-electron chi connectivity index (χ3n) is 5.01. The van der Waals surface area contributed by atoms with E-state index >= 15 is 0 Å². The number of anilines is 1. The lowest BCUT2D eigenvalue weighted by Crippen LogP contribution is -2.35. The molecule has 4 rings (SSSR count). The zero-order valence-corrected chi connectivity index (χ0v) is 16.0. The van der Waals surface area contributed by atoms with Gasteiger partial charge in [0, 0.05) is 31.5 Å². The molecular weight excluding hydrogens is 330 g/mol. The molecule has 0 unspecified atom stereocenters. The van der Waals surface area contributed by atoms with Gasteiger partial charge in [-0.2, -0.15) is 0 Å². The summed E-state index contributed by atoms with van der Waals surface area (Å²) in [6.07, 6.45) is 3.23. The number of imidazole rings is 1. The minimum atomic E-state index is 0.452. The summed E-state index contributed by atoms with van der Waals surface area (Å²) in [4.78, 5) is 7.23. The Morgan fingerprint density at radius 3 is 2.60 bits per heavy atom. The summed E-state index contributed by atoms with van der Waals surface area (Å²) < 4.78 is 2.48. The predicted molar refractivity (Wildman–Crippen MR) is 104 cm³/mol. The molecule has 25 heavy (non-hydrogen) atoms. The van der Waals surface area contributed by atoms with E-state index in [4.69, 9.17) is 4.98 Å². The van der Waals surface area contributed by atoms with Crippen LogP contribution in [0.25, 0.3) is 11.0 Å². The van der Waals surface area contributed by atoms with Crippen LogP contribution in [-0.4, -0.2) is 32.8 Å². The van der Waals surface area contributed by atoms with E-state index in [0.717, 1.165) is 48.0 Å². The average Bonchev–Trinajstić information content (AvgIpc) is 3.26. The van der Waals surface area contributed by atoms with Crippen LogP contribution in [0.5, 0.6) is 0 Å². The van der Waals surface area contributed by atoms with Gasteiger partial charge < -0.3 is 9.47 Å². The number of hydrogen-bond donors (Lipinski definition) is 0. The maximum atomic E-state index is 4.84. The quantitative estimate of drug-likeness (QED) is 0.695. The van der Waals surface area contributed by atoms with Crippen LogP contribution >= 0.6 is 11.3 Å². The normalized spacial score (nSPS) is 16.2. The second-order valence-corrected chi connectivity index (χ2v) is 8.02. The minimum Gasteiger partial charge on any atom is -0.347 e. The molecule has 1 aliphatic rings. The van der Waals surface area contributed by atoms with Crippen LogP contribution in [0, 0.1) is 0 Å². The standard InChI is InChI=1S/C19H25N5S/c1-4-17-20-15-7-5-6-8-16(15)24(17)14-9-11-23(12-10-14)19-22-21-18(25-19)13(2)3/h5-8,13-14H,4,9-12H2,1-3H3. The minimum absolute atomic E-state index is 0.452. The first-order valence-corrected chi connectivity index (χ1v) is 10.0. The number of rotatable bonds is 4. The molecule has 0 N–H and O–H groups in total. The molecule has 0 radical (unpaired) electrons. The fraction of sp³-hybridized carbons (Fsp3) is 0.526. The van der Waals surface area contributed by atoms with Gasteiger partial charge in [-0.3, -0.25) is 0 Å². The molecule has 3 aromatic rings. The number of hydrogen-bond acceptors (Lipinski definition) is 5. The van der Waals surface area contributed by atoms with Gasteiger partial charge in [0.2, 0.25) is 5.13 Å². The molecule has 0 spiro atoms. The molecule has 0 aliphatic carbocycles. The first-order chi connectivity index (χ1) is 12.2. The summed E-state index contributed by atoms with van der Waals surface area (Å²) in [6.45, 7) is 8.61. The van der Waals surface area contributed by atoms with Crippen molar-refractivity contribution in [3.8, 4) is 0 Å². The highest BCUT2D eigenvalue weighted by Gasteiger charge is 2.25. The Morgan fingerprint density at radius 1 is 1.16 bits per heavy atom. The zero-order chi connectivity index (χ0) is 17.4. The Bertz CT molecular complexity index is 858. The van der Waals surface area contributed by atoms with Crippen molar-refractivity contribution in [1.29, 1.82) is 0 Å². The van der Waals surface area contributed by atoms with Crippen molar-refractivity contribution in [1.82, 2.24) is 19.7 Å². The molecule has 0 bridgehead atoms. The van der Waals surface area contributed by atoms with Crippen LogP contribution in [0.1, 0.15) is 56.4 Å². The summed E-state index contributed by atoms with van der Waals surface area (Å²) >= 11 is 1.74. The van der Waals surface area contributed by atoms with Crippen molar-refractivity contribution in [3.63, 3.8) is 0 Å². The number of nitrogens with zero attached hydrogens (tertiary/aromatic N) is 5. The monoisotopic (exact) mass is 355 g/mol. The van der Waals surface area contributed by atoms with Crippen molar-refractivity contribution < 1.29 is 0 Å². The molecule has 1 aliphatic heterocycles. The van der Waals surface area contributed by atoms with Crippen LogP contribution in [-0.2, 0) is 6.42 Å². The van der Waals surface area contributed by atoms with E-state index in [0.29, 0.717) is 12.0 Å². The van der Waals surface area contributed by atoms with Gasteiger partial charge in [-0.05, 0) is 25.0 Å². The molecule has 1 fully saturated rings. The molecule has 2 aromatic heterocycles. The smallest absolute Gasteiger partial charge is 0.208 e. The van der Waals surface area contributed by atoms with Gasteiger partial charge in [-0.1, -0.05) is 44.2 Å². The molecular formula is C19H25N5S. The second kappa shape index (κ2) is 6.75. The molecule has 1 saturated heterocycles. The average molecular weight is 356 g/mol. The van der Waals surface area contributed by atoms with E-state index in [1.165, 1.54) is 11.3 Å². The highest BCUT2D eigenvalue weighted by molar-refractivity contribution is 7.15. The summed E-state index contributed by atoms with van der Waals surface area (Å²) in [5.41, 5.74) is 2.39. The molecule has 0 saturated carbocycles. The number of piperidine rings is 1. The highest BCUT2D eigenvalue weighted by Crippen LogP contribution is 2.33. The Kier molecular flexibility index (Phi) is 4.46. The number of aryl methyl sites for hydroxylation is 1. The van der Waals surface area contributed by atoms with Gasteiger partial charge in [0.25, 0.3) is 0 Å². The van der Waals surface area contributed by atoms with Gasteiger partial charge in [0.15, 0.2) is 0 Å². The Labute approximate surface area is 152 Å². The van der Waals surface area contributed by atoms with Crippen LogP contribution in [0.4, 0.5) is 5.13 Å². The topological polar surface area (TPSA) is 46.8 Å². The van der Waals surface area contributed by atoms with Crippen LogP contribution in [0.2, 0.25) is 0 Å². The van der Waals surface area contributed by atoms with Crippen molar-refractivity contribution in [3.05, 3.63) is 35.1 Å². The molecule has 0 amide bonds. The van der Waals surface area contributed by atoms with Crippen LogP contribution in [0.3, 0.4) is 0 Å². The summed E-state index contributed by atoms with van der Waals surface area (Å²) in [7, 11) is 0. The number of benzene rings is 1. The fourth-order valence-corrected chi connectivity index (χ4v) is 4.55. The lowest BCUT2D eigenvalue weighted by Gasteiger charge is -2.33. The molecule has 5 nitrogen and oxygen atoms in total. The number of para-hydroxylation sites is 2. The predicted octanol–water partition coefficient (Wildman–Crippen LogP) is 4.42. The Hall–Kier alpha value is -1.95. The summed E-state index contributed by atoms with van der Waals surface area (Å²) in [5.74, 6) is 1.66. The third kappa shape index (κ3) is 3.03. The Morgan fingerprint density at radius 2 is 1.92 bits per heavy atom. The van der Waals surface area contributed by atoms with Gasteiger partial charge >= 0.3 is 0 Å². The molecule has 0 atom stereocenters. The van der Waals surface area contributed by atoms with Gasteiger partial charge in [-0.25, -0.2) is 4.98 Å². The van der Waals surface area contributed by atoms with Gasteiger partial charge in [0.05, 0.1) is 11.0 Å². The third-order valence-corrected chi connectivity index (χ3v) is 6.29. The summed E-state index contributed by atoms with van der Waals surface area (Å²) in [6, 6.07) is 9.03. The lowest BCUT2D eigenvalue weighted by molar-refractivity contribution is 0.394. The highest BCUT2D eigenvalue weighted by atomic mass is 32.1. The fourth-order valence-electron chi connectivity index (χ4n) is 3.65. The van der Waals surface area contributed by atoms with Crippen molar-refractivity contribution in [2.45, 2.75) is 52.0 Å². The maximum absolute atomic E-state index is 4.84.